The quantitative estimate of drug-likeness (QED) is 0.619. The lowest BCUT2D eigenvalue weighted by Crippen LogP contribution is -2.62. The fraction of sp³-hybridized carbons (Fsp3) is 0.636. The van der Waals surface area contributed by atoms with Gasteiger partial charge in [0, 0.05) is 13.5 Å². The second-order valence-corrected chi connectivity index (χ2v) is 7.52. The molecule has 2 fully saturated rings. The molecule has 0 aliphatic carbocycles. The highest BCUT2D eigenvalue weighted by Crippen LogP contribution is 2.31. The van der Waals surface area contributed by atoms with Gasteiger partial charge < -0.3 is 28.4 Å². The SMILES string of the molecule is COC(=O)C1O[C@@H](C)C(OC(C)=O)[C@H](OCc2ccccc2)[C@@H]1OC1CCCCO1. The van der Waals surface area contributed by atoms with Gasteiger partial charge in [-0.25, -0.2) is 4.79 Å². The van der Waals surface area contributed by atoms with Crippen LogP contribution >= 0.6 is 0 Å². The summed E-state index contributed by atoms with van der Waals surface area (Å²) in [4.78, 5) is 24.2. The van der Waals surface area contributed by atoms with E-state index < -0.39 is 48.7 Å². The van der Waals surface area contributed by atoms with Gasteiger partial charge in [0.25, 0.3) is 0 Å². The van der Waals surface area contributed by atoms with Gasteiger partial charge in [0.15, 0.2) is 18.5 Å². The molecule has 0 saturated carbocycles. The summed E-state index contributed by atoms with van der Waals surface area (Å²) in [6, 6.07) is 9.61. The normalized spacial score (nSPS) is 31.7. The molecule has 8 heteroatoms. The average molecular weight is 422 g/mol. The van der Waals surface area contributed by atoms with Gasteiger partial charge in [0.05, 0.1) is 19.8 Å². The molecule has 3 rings (SSSR count). The Labute approximate surface area is 176 Å². The van der Waals surface area contributed by atoms with Gasteiger partial charge in [-0.15, -0.1) is 0 Å². The Morgan fingerprint density at radius 1 is 1.10 bits per heavy atom. The second-order valence-electron chi connectivity index (χ2n) is 7.52. The highest BCUT2D eigenvalue weighted by atomic mass is 16.7. The molecule has 0 aromatic heterocycles. The van der Waals surface area contributed by atoms with Crippen molar-refractivity contribution in [1.29, 1.82) is 0 Å². The van der Waals surface area contributed by atoms with E-state index in [1.54, 1.807) is 6.92 Å². The van der Waals surface area contributed by atoms with Crippen molar-refractivity contribution in [3.8, 4) is 0 Å². The van der Waals surface area contributed by atoms with Crippen molar-refractivity contribution in [2.45, 2.75) is 76.5 Å². The van der Waals surface area contributed by atoms with E-state index in [-0.39, 0.29) is 6.61 Å². The molecule has 2 saturated heterocycles. The van der Waals surface area contributed by atoms with Crippen molar-refractivity contribution in [3.05, 3.63) is 35.9 Å². The minimum Gasteiger partial charge on any atom is -0.467 e. The molecule has 0 radical (unpaired) electrons. The van der Waals surface area contributed by atoms with Gasteiger partial charge in [-0.05, 0) is 31.7 Å². The van der Waals surface area contributed by atoms with Crippen molar-refractivity contribution >= 4 is 11.9 Å². The molecular weight excluding hydrogens is 392 g/mol. The molecule has 1 aromatic rings. The summed E-state index contributed by atoms with van der Waals surface area (Å²) in [6.45, 7) is 3.90. The van der Waals surface area contributed by atoms with Crippen LogP contribution < -0.4 is 0 Å². The van der Waals surface area contributed by atoms with Crippen LogP contribution in [0.15, 0.2) is 30.3 Å². The van der Waals surface area contributed by atoms with E-state index in [1.807, 2.05) is 30.3 Å². The number of benzene rings is 1. The van der Waals surface area contributed by atoms with E-state index in [9.17, 15) is 9.59 Å². The molecule has 0 amide bonds. The number of hydrogen-bond acceptors (Lipinski definition) is 8. The zero-order valence-corrected chi connectivity index (χ0v) is 17.7. The Morgan fingerprint density at radius 2 is 1.87 bits per heavy atom. The molecule has 6 atom stereocenters. The molecule has 2 heterocycles. The van der Waals surface area contributed by atoms with Crippen LogP contribution in [0, 0.1) is 0 Å². The number of methoxy groups -OCH3 is 1. The maximum atomic E-state index is 12.5. The summed E-state index contributed by atoms with van der Waals surface area (Å²) >= 11 is 0. The minimum absolute atomic E-state index is 0.259. The van der Waals surface area contributed by atoms with E-state index >= 15 is 0 Å². The molecule has 2 aliphatic rings. The molecular formula is C22H30O8. The lowest BCUT2D eigenvalue weighted by Gasteiger charge is -2.44. The van der Waals surface area contributed by atoms with Crippen LogP contribution in [0.4, 0.5) is 0 Å². The summed E-state index contributed by atoms with van der Waals surface area (Å²) in [5.41, 5.74) is 0.945. The Balaban J connectivity index is 1.86. The minimum atomic E-state index is -1.02. The lowest BCUT2D eigenvalue weighted by molar-refractivity contribution is -0.290. The Bertz CT molecular complexity index is 688. The summed E-state index contributed by atoms with van der Waals surface area (Å²) in [7, 11) is 1.29. The van der Waals surface area contributed by atoms with Crippen LogP contribution in [0.3, 0.4) is 0 Å². The van der Waals surface area contributed by atoms with E-state index in [1.165, 1.54) is 14.0 Å². The number of hydrogen-bond donors (Lipinski definition) is 0. The number of ether oxygens (including phenoxy) is 6. The predicted octanol–water partition coefficient (Wildman–Crippen LogP) is 2.38. The van der Waals surface area contributed by atoms with Gasteiger partial charge >= 0.3 is 11.9 Å². The molecule has 0 N–H and O–H groups in total. The number of carbonyl (C=O) groups is 2. The first-order valence-electron chi connectivity index (χ1n) is 10.3. The van der Waals surface area contributed by atoms with Gasteiger partial charge in [0.2, 0.25) is 0 Å². The van der Waals surface area contributed by atoms with E-state index in [2.05, 4.69) is 0 Å². The number of rotatable bonds is 7. The van der Waals surface area contributed by atoms with Crippen molar-refractivity contribution in [1.82, 2.24) is 0 Å². The topological polar surface area (TPSA) is 89.5 Å². The Morgan fingerprint density at radius 3 is 2.50 bits per heavy atom. The molecule has 0 bridgehead atoms. The zero-order valence-electron chi connectivity index (χ0n) is 17.7. The summed E-state index contributed by atoms with van der Waals surface area (Å²) < 4.78 is 34.4. The molecule has 3 unspecified atom stereocenters. The first-order valence-corrected chi connectivity index (χ1v) is 10.3. The molecule has 2 aliphatic heterocycles. The van der Waals surface area contributed by atoms with Crippen molar-refractivity contribution in [3.63, 3.8) is 0 Å². The zero-order chi connectivity index (χ0) is 21.5. The summed E-state index contributed by atoms with van der Waals surface area (Å²) in [6.07, 6.45) is -1.84. The molecule has 8 nitrogen and oxygen atoms in total. The van der Waals surface area contributed by atoms with Crippen molar-refractivity contribution in [2.75, 3.05) is 13.7 Å². The third-order valence-electron chi connectivity index (χ3n) is 5.24. The highest BCUT2D eigenvalue weighted by Gasteiger charge is 2.51. The second kappa shape index (κ2) is 10.9. The smallest absolute Gasteiger partial charge is 0.337 e. The Kier molecular flexibility index (Phi) is 8.21. The van der Waals surface area contributed by atoms with E-state index in [4.69, 9.17) is 28.4 Å². The molecule has 166 valence electrons. The molecule has 30 heavy (non-hydrogen) atoms. The maximum Gasteiger partial charge on any atom is 0.337 e. The fourth-order valence-corrected chi connectivity index (χ4v) is 3.77. The maximum absolute atomic E-state index is 12.5. The van der Waals surface area contributed by atoms with Gasteiger partial charge in [0.1, 0.15) is 12.2 Å². The number of carbonyl (C=O) groups excluding carboxylic acids is 2. The first kappa shape index (κ1) is 22.7. The summed E-state index contributed by atoms with van der Waals surface area (Å²) in [5, 5.41) is 0. The third kappa shape index (κ3) is 5.78. The van der Waals surface area contributed by atoms with Gasteiger partial charge in [-0.3, -0.25) is 4.79 Å². The van der Waals surface area contributed by atoms with E-state index in [0.717, 1.165) is 18.4 Å². The van der Waals surface area contributed by atoms with Crippen LogP contribution in [-0.2, 0) is 44.6 Å². The van der Waals surface area contributed by atoms with Gasteiger partial charge in [-0.2, -0.15) is 0 Å². The lowest BCUT2D eigenvalue weighted by atomic mass is 9.94. The average Bonchev–Trinajstić information content (AvgIpc) is 2.76. The monoisotopic (exact) mass is 422 g/mol. The van der Waals surface area contributed by atoms with Crippen molar-refractivity contribution < 1.29 is 38.0 Å². The predicted molar refractivity (Wildman–Crippen MR) is 105 cm³/mol. The first-order chi connectivity index (χ1) is 14.5. The van der Waals surface area contributed by atoms with E-state index in [0.29, 0.717) is 13.0 Å². The summed E-state index contributed by atoms with van der Waals surface area (Å²) in [5.74, 6) is -1.04. The van der Waals surface area contributed by atoms with Crippen LogP contribution in [0.1, 0.15) is 38.7 Å². The largest absolute Gasteiger partial charge is 0.467 e. The van der Waals surface area contributed by atoms with Crippen molar-refractivity contribution in [2.24, 2.45) is 0 Å². The van der Waals surface area contributed by atoms with Crippen LogP contribution in [0.25, 0.3) is 0 Å². The third-order valence-corrected chi connectivity index (χ3v) is 5.24. The Hall–Kier alpha value is -2.00. The standard InChI is InChI=1S/C22H30O8/c1-14-18(29-15(2)23)19(27-13-16-9-5-4-6-10-16)20(21(28-14)22(24)25-3)30-17-11-7-8-12-26-17/h4-6,9-10,14,17-21H,7-8,11-13H2,1-3H3/t14-,17?,18?,19-,20-,21?/m0/s1. The van der Waals surface area contributed by atoms with Crippen LogP contribution in [-0.4, -0.2) is 62.5 Å². The number of esters is 2. The molecule has 1 aromatic carbocycles. The van der Waals surface area contributed by atoms with Crippen LogP contribution in [0.2, 0.25) is 0 Å². The van der Waals surface area contributed by atoms with Gasteiger partial charge in [-0.1, -0.05) is 30.3 Å². The molecule has 0 spiro atoms. The fourth-order valence-electron chi connectivity index (χ4n) is 3.77. The van der Waals surface area contributed by atoms with Crippen LogP contribution in [0.5, 0.6) is 0 Å². The highest BCUT2D eigenvalue weighted by molar-refractivity contribution is 5.75.